The number of anilines is 1. The topological polar surface area (TPSA) is 52.0 Å². The third-order valence-corrected chi connectivity index (χ3v) is 4.22. The SMILES string of the molecule is CC1CCC(c2ccccc2-c2cc(N)on2)CC1. The van der Waals surface area contributed by atoms with Crippen LogP contribution in [0.3, 0.4) is 0 Å². The molecule has 0 atom stereocenters. The van der Waals surface area contributed by atoms with Gasteiger partial charge in [-0.15, -0.1) is 0 Å². The second kappa shape index (κ2) is 5.08. The number of aromatic nitrogens is 1. The molecule has 19 heavy (non-hydrogen) atoms. The molecule has 0 saturated heterocycles. The van der Waals surface area contributed by atoms with Crippen molar-refractivity contribution in [3.63, 3.8) is 0 Å². The lowest BCUT2D eigenvalue weighted by molar-refractivity contribution is 0.348. The molecule has 3 heteroatoms. The number of hydrogen-bond donors (Lipinski definition) is 1. The minimum absolute atomic E-state index is 0.377. The molecular formula is C16H20N2O. The van der Waals surface area contributed by atoms with E-state index in [-0.39, 0.29) is 0 Å². The van der Waals surface area contributed by atoms with Crippen molar-refractivity contribution in [2.75, 3.05) is 5.73 Å². The maximum Gasteiger partial charge on any atom is 0.222 e. The summed E-state index contributed by atoms with van der Waals surface area (Å²) in [4.78, 5) is 0. The number of nitrogens with two attached hydrogens (primary N) is 1. The van der Waals surface area contributed by atoms with Gasteiger partial charge in [0.1, 0.15) is 5.69 Å². The molecule has 1 saturated carbocycles. The predicted molar refractivity (Wildman–Crippen MR) is 76.7 cm³/mol. The van der Waals surface area contributed by atoms with Gasteiger partial charge < -0.3 is 10.3 Å². The number of nitrogen functional groups attached to an aromatic ring is 1. The fourth-order valence-electron chi connectivity index (χ4n) is 3.07. The van der Waals surface area contributed by atoms with E-state index in [1.165, 1.54) is 36.8 Å². The molecule has 1 fully saturated rings. The molecular weight excluding hydrogens is 236 g/mol. The minimum Gasteiger partial charge on any atom is -0.368 e. The van der Waals surface area contributed by atoms with E-state index in [9.17, 15) is 0 Å². The van der Waals surface area contributed by atoms with Crippen molar-refractivity contribution in [3.05, 3.63) is 35.9 Å². The molecule has 0 amide bonds. The molecule has 1 aliphatic carbocycles. The minimum atomic E-state index is 0.377. The maximum absolute atomic E-state index is 5.63. The molecule has 100 valence electrons. The Morgan fingerprint density at radius 3 is 2.58 bits per heavy atom. The first-order chi connectivity index (χ1) is 9.24. The van der Waals surface area contributed by atoms with Crippen LogP contribution in [0.5, 0.6) is 0 Å². The van der Waals surface area contributed by atoms with Crippen molar-refractivity contribution < 1.29 is 4.52 Å². The molecule has 0 aliphatic heterocycles. The molecule has 3 nitrogen and oxygen atoms in total. The Labute approximate surface area is 113 Å². The highest BCUT2D eigenvalue weighted by Gasteiger charge is 2.22. The summed E-state index contributed by atoms with van der Waals surface area (Å²) in [5.74, 6) is 1.89. The summed E-state index contributed by atoms with van der Waals surface area (Å²) < 4.78 is 5.01. The van der Waals surface area contributed by atoms with E-state index in [4.69, 9.17) is 10.3 Å². The van der Waals surface area contributed by atoms with Gasteiger partial charge in [0, 0.05) is 11.6 Å². The van der Waals surface area contributed by atoms with Crippen molar-refractivity contribution >= 4 is 5.88 Å². The molecule has 0 unspecified atom stereocenters. The Bertz CT molecular complexity index is 553. The van der Waals surface area contributed by atoms with Gasteiger partial charge in [0.2, 0.25) is 5.88 Å². The molecule has 2 N–H and O–H groups in total. The van der Waals surface area contributed by atoms with Crippen molar-refractivity contribution in [1.29, 1.82) is 0 Å². The van der Waals surface area contributed by atoms with Gasteiger partial charge in [-0.25, -0.2) is 0 Å². The molecule has 0 spiro atoms. The van der Waals surface area contributed by atoms with Crippen LogP contribution in [0.1, 0.15) is 44.1 Å². The lowest BCUT2D eigenvalue weighted by Crippen LogP contribution is -2.11. The van der Waals surface area contributed by atoms with Crippen molar-refractivity contribution in [2.24, 2.45) is 5.92 Å². The lowest BCUT2D eigenvalue weighted by Gasteiger charge is -2.27. The normalized spacial score (nSPS) is 23.4. The Morgan fingerprint density at radius 1 is 1.16 bits per heavy atom. The number of benzene rings is 1. The second-order valence-corrected chi connectivity index (χ2v) is 5.66. The summed E-state index contributed by atoms with van der Waals surface area (Å²) in [6.07, 6.45) is 5.18. The zero-order chi connectivity index (χ0) is 13.2. The van der Waals surface area contributed by atoms with Crippen LogP contribution < -0.4 is 5.73 Å². The quantitative estimate of drug-likeness (QED) is 0.875. The van der Waals surface area contributed by atoms with E-state index in [0.29, 0.717) is 11.8 Å². The van der Waals surface area contributed by atoms with E-state index >= 15 is 0 Å². The number of rotatable bonds is 2. The van der Waals surface area contributed by atoms with E-state index in [1.807, 2.05) is 6.07 Å². The molecule has 0 radical (unpaired) electrons. The molecule has 1 aromatic heterocycles. The smallest absolute Gasteiger partial charge is 0.222 e. The molecule has 2 aromatic rings. The first-order valence-electron chi connectivity index (χ1n) is 7.05. The maximum atomic E-state index is 5.63. The Hall–Kier alpha value is -1.77. The largest absolute Gasteiger partial charge is 0.368 e. The Morgan fingerprint density at radius 2 is 1.89 bits per heavy atom. The van der Waals surface area contributed by atoms with Crippen LogP contribution in [-0.4, -0.2) is 5.16 Å². The van der Waals surface area contributed by atoms with Crippen molar-refractivity contribution in [1.82, 2.24) is 5.16 Å². The zero-order valence-electron chi connectivity index (χ0n) is 11.3. The average Bonchev–Trinajstić information content (AvgIpc) is 2.86. The van der Waals surface area contributed by atoms with Crippen LogP contribution in [0.15, 0.2) is 34.9 Å². The first kappa shape index (κ1) is 12.3. The van der Waals surface area contributed by atoms with Crippen molar-refractivity contribution in [3.8, 4) is 11.3 Å². The van der Waals surface area contributed by atoms with Gasteiger partial charge in [0.15, 0.2) is 0 Å². The van der Waals surface area contributed by atoms with Crippen LogP contribution in [0.4, 0.5) is 5.88 Å². The first-order valence-corrected chi connectivity index (χ1v) is 7.05. The summed E-state index contributed by atoms with van der Waals surface area (Å²) in [5, 5.41) is 4.06. The molecule has 1 heterocycles. The van der Waals surface area contributed by atoms with E-state index in [0.717, 1.165) is 11.6 Å². The summed E-state index contributed by atoms with van der Waals surface area (Å²) in [7, 11) is 0. The summed E-state index contributed by atoms with van der Waals surface area (Å²) in [5.41, 5.74) is 9.05. The fourth-order valence-corrected chi connectivity index (χ4v) is 3.07. The van der Waals surface area contributed by atoms with Gasteiger partial charge in [-0.3, -0.25) is 0 Å². The Balaban J connectivity index is 1.93. The van der Waals surface area contributed by atoms with Crippen LogP contribution in [0.2, 0.25) is 0 Å². The highest BCUT2D eigenvalue weighted by atomic mass is 16.5. The van der Waals surface area contributed by atoms with E-state index < -0.39 is 0 Å². The molecule has 3 rings (SSSR count). The van der Waals surface area contributed by atoms with Gasteiger partial charge in [-0.2, -0.15) is 0 Å². The highest BCUT2D eigenvalue weighted by Crippen LogP contribution is 2.39. The van der Waals surface area contributed by atoms with Gasteiger partial charge in [0.05, 0.1) is 0 Å². The zero-order valence-corrected chi connectivity index (χ0v) is 11.3. The van der Waals surface area contributed by atoms with Crippen LogP contribution in [-0.2, 0) is 0 Å². The van der Waals surface area contributed by atoms with Crippen LogP contribution in [0.25, 0.3) is 11.3 Å². The highest BCUT2D eigenvalue weighted by molar-refractivity contribution is 5.66. The molecule has 0 bridgehead atoms. The monoisotopic (exact) mass is 256 g/mol. The second-order valence-electron chi connectivity index (χ2n) is 5.66. The van der Waals surface area contributed by atoms with Gasteiger partial charge in [0.25, 0.3) is 0 Å². The third kappa shape index (κ3) is 2.50. The summed E-state index contributed by atoms with van der Waals surface area (Å²) in [6.45, 7) is 2.35. The average molecular weight is 256 g/mol. The number of hydrogen-bond acceptors (Lipinski definition) is 3. The standard InChI is InChI=1S/C16H20N2O/c1-11-6-8-12(9-7-11)13-4-2-3-5-14(13)15-10-16(17)19-18-15/h2-5,10-12H,6-9,17H2,1H3. The number of nitrogens with zero attached hydrogens (tertiary/aromatic N) is 1. The molecule has 1 aliphatic rings. The predicted octanol–water partition coefficient (Wildman–Crippen LogP) is 4.22. The van der Waals surface area contributed by atoms with E-state index in [2.05, 4.69) is 36.3 Å². The van der Waals surface area contributed by atoms with E-state index in [1.54, 1.807) is 0 Å². The fraction of sp³-hybridized carbons (Fsp3) is 0.438. The Kier molecular flexibility index (Phi) is 3.28. The summed E-state index contributed by atoms with van der Waals surface area (Å²) >= 11 is 0. The van der Waals surface area contributed by atoms with Crippen molar-refractivity contribution in [2.45, 2.75) is 38.5 Å². The van der Waals surface area contributed by atoms with Gasteiger partial charge >= 0.3 is 0 Å². The van der Waals surface area contributed by atoms with Crippen LogP contribution in [0, 0.1) is 5.92 Å². The third-order valence-electron chi connectivity index (χ3n) is 4.22. The van der Waals surface area contributed by atoms with Gasteiger partial charge in [-0.05, 0) is 30.2 Å². The lowest BCUT2D eigenvalue weighted by atomic mass is 9.78. The van der Waals surface area contributed by atoms with Crippen LogP contribution >= 0.6 is 0 Å². The van der Waals surface area contributed by atoms with Gasteiger partial charge in [-0.1, -0.05) is 49.2 Å². The molecule has 1 aromatic carbocycles. The summed E-state index contributed by atoms with van der Waals surface area (Å²) in [6, 6.07) is 10.3.